The summed E-state index contributed by atoms with van der Waals surface area (Å²) >= 11 is 0. The Hall–Kier alpha value is -0.850. The molecule has 0 rings (SSSR count). The fourth-order valence-electron chi connectivity index (χ4n) is 0.526. The van der Waals surface area contributed by atoms with Gasteiger partial charge in [-0.1, -0.05) is 30.4 Å². The van der Waals surface area contributed by atoms with E-state index < -0.39 is 5.67 Å². The maximum absolute atomic E-state index is 13.2. The van der Waals surface area contributed by atoms with E-state index in [1.54, 1.807) is 6.08 Å². The summed E-state index contributed by atoms with van der Waals surface area (Å²) in [6, 6.07) is 0. The third kappa shape index (κ3) is 4.12. The largest absolute Gasteiger partial charge is 0.239 e. The maximum atomic E-state index is 13.2. The van der Waals surface area contributed by atoms with Crippen molar-refractivity contribution in [2.45, 2.75) is 33.4 Å². The lowest BCUT2D eigenvalue weighted by Crippen LogP contribution is -2.12. The molecule has 1 heteroatoms. The van der Waals surface area contributed by atoms with E-state index in [1.807, 2.05) is 26.0 Å². The molecule has 0 fully saturated rings. The Kier molecular flexibility index (Phi) is 3.94. The van der Waals surface area contributed by atoms with Gasteiger partial charge in [0.15, 0.2) is 0 Å². The van der Waals surface area contributed by atoms with E-state index in [0.29, 0.717) is 5.57 Å². The van der Waals surface area contributed by atoms with Gasteiger partial charge in [-0.15, -0.1) is 0 Å². The van der Waals surface area contributed by atoms with Gasteiger partial charge in [-0.3, -0.25) is 0 Å². The van der Waals surface area contributed by atoms with Crippen molar-refractivity contribution in [1.82, 2.24) is 0 Å². The van der Waals surface area contributed by atoms with Crippen LogP contribution < -0.4 is 0 Å². The molecule has 0 unspecified atom stereocenters. The minimum atomic E-state index is -1.31. The molecule has 0 heterocycles. The fraction of sp³-hybridized carbons (Fsp3) is 0.455. The van der Waals surface area contributed by atoms with Gasteiger partial charge in [0.25, 0.3) is 0 Å². The highest BCUT2D eigenvalue weighted by Gasteiger charge is 2.16. The minimum absolute atomic E-state index is 0.503. The molecule has 0 N–H and O–H groups in total. The van der Waals surface area contributed by atoms with Crippen molar-refractivity contribution < 1.29 is 4.39 Å². The molecule has 0 aliphatic carbocycles. The van der Waals surface area contributed by atoms with Gasteiger partial charge in [0, 0.05) is 0 Å². The van der Waals surface area contributed by atoms with Crippen molar-refractivity contribution >= 4 is 0 Å². The van der Waals surface area contributed by atoms with Crippen LogP contribution in [0.4, 0.5) is 4.39 Å². The smallest absolute Gasteiger partial charge is 0.129 e. The lowest BCUT2D eigenvalue weighted by molar-refractivity contribution is 0.275. The summed E-state index contributed by atoms with van der Waals surface area (Å²) in [6.07, 6.45) is 5.55. The monoisotopic (exact) mass is 168 g/mol. The first-order valence-corrected chi connectivity index (χ1v) is 4.07. The summed E-state index contributed by atoms with van der Waals surface area (Å²) in [7, 11) is 0. The van der Waals surface area contributed by atoms with Gasteiger partial charge in [-0.2, -0.15) is 0 Å². The minimum Gasteiger partial charge on any atom is -0.239 e. The van der Waals surface area contributed by atoms with Gasteiger partial charge < -0.3 is 0 Å². The van der Waals surface area contributed by atoms with Crippen molar-refractivity contribution in [3.8, 4) is 0 Å². The zero-order valence-electron chi connectivity index (χ0n) is 8.32. The normalized spacial score (nSPS) is 13.9. The van der Waals surface area contributed by atoms with E-state index in [2.05, 4.69) is 6.58 Å². The van der Waals surface area contributed by atoms with Crippen molar-refractivity contribution in [2.75, 3.05) is 0 Å². The molecule has 0 bridgehead atoms. The van der Waals surface area contributed by atoms with Crippen molar-refractivity contribution in [3.05, 3.63) is 36.0 Å². The molecule has 0 aromatic rings. The van der Waals surface area contributed by atoms with E-state index in [-0.39, 0.29) is 0 Å². The Labute approximate surface area is 74.5 Å². The molecular weight excluding hydrogens is 151 g/mol. The Bertz CT molecular complexity index is 214. The quantitative estimate of drug-likeness (QED) is 0.562. The molecule has 0 aromatic heterocycles. The number of rotatable bonds is 3. The molecule has 0 aromatic carbocycles. The summed E-state index contributed by atoms with van der Waals surface area (Å²) in [5.41, 5.74) is 0.300. The number of hydrogen-bond acceptors (Lipinski definition) is 0. The molecule has 0 spiro atoms. The first-order chi connectivity index (χ1) is 5.38. The topological polar surface area (TPSA) is 0 Å². The zero-order valence-corrected chi connectivity index (χ0v) is 8.32. The van der Waals surface area contributed by atoms with E-state index >= 15 is 0 Å². The van der Waals surface area contributed by atoms with Gasteiger partial charge >= 0.3 is 0 Å². The Morgan fingerprint density at radius 3 is 2.17 bits per heavy atom. The van der Waals surface area contributed by atoms with E-state index in [1.165, 1.54) is 13.8 Å². The Balaban J connectivity index is 4.29. The third-order valence-corrected chi connectivity index (χ3v) is 1.77. The predicted octanol–water partition coefficient (Wildman–Crippen LogP) is 3.81. The maximum Gasteiger partial charge on any atom is 0.129 e. The lowest BCUT2D eigenvalue weighted by Gasteiger charge is -2.13. The van der Waals surface area contributed by atoms with Gasteiger partial charge in [-0.25, -0.2) is 4.39 Å². The SMILES string of the molecule is C=C(/C=C\C(C)=C/C)C(C)(C)F. The predicted molar refractivity (Wildman–Crippen MR) is 52.9 cm³/mol. The molecular formula is C11H17F. The van der Waals surface area contributed by atoms with Gasteiger partial charge in [0.2, 0.25) is 0 Å². The van der Waals surface area contributed by atoms with Crippen molar-refractivity contribution in [1.29, 1.82) is 0 Å². The van der Waals surface area contributed by atoms with Crippen LogP contribution in [0.1, 0.15) is 27.7 Å². The molecule has 0 aliphatic heterocycles. The second-order valence-corrected chi connectivity index (χ2v) is 3.36. The lowest BCUT2D eigenvalue weighted by atomic mass is 10.0. The van der Waals surface area contributed by atoms with Crippen molar-refractivity contribution in [3.63, 3.8) is 0 Å². The van der Waals surface area contributed by atoms with Gasteiger partial charge in [0.1, 0.15) is 5.67 Å². The van der Waals surface area contributed by atoms with Crippen LogP contribution >= 0.6 is 0 Å². The molecule has 0 atom stereocenters. The Morgan fingerprint density at radius 2 is 1.83 bits per heavy atom. The average Bonchev–Trinajstić information content (AvgIpc) is 1.97. The van der Waals surface area contributed by atoms with Crippen molar-refractivity contribution in [2.24, 2.45) is 0 Å². The van der Waals surface area contributed by atoms with Gasteiger partial charge in [-0.05, 0) is 33.3 Å². The third-order valence-electron chi connectivity index (χ3n) is 1.77. The molecule has 0 saturated heterocycles. The van der Waals surface area contributed by atoms with Crippen LogP contribution in [-0.4, -0.2) is 5.67 Å². The first kappa shape index (κ1) is 11.2. The second-order valence-electron chi connectivity index (χ2n) is 3.36. The summed E-state index contributed by atoms with van der Waals surface area (Å²) < 4.78 is 13.2. The van der Waals surface area contributed by atoms with Crippen LogP contribution in [-0.2, 0) is 0 Å². The van der Waals surface area contributed by atoms with Gasteiger partial charge in [0.05, 0.1) is 0 Å². The number of halogens is 1. The zero-order chi connectivity index (χ0) is 9.78. The highest BCUT2D eigenvalue weighted by molar-refractivity contribution is 5.29. The fourth-order valence-corrected chi connectivity index (χ4v) is 0.526. The molecule has 0 radical (unpaired) electrons. The van der Waals surface area contributed by atoms with E-state index in [4.69, 9.17) is 0 Å². The van der Waals surface area contributed by atoms with Crippen LogP contribution in [0.5, 0.6) is 0 Å². The van der Waals surface area contributed by atoms with E-state index in [0.717, 1.165) is 5.57 Å². The Morgan fingerprint density at radius 1 is 1.33 bits per heavy atom. The highest BCUT2D eigenvalue weighted by atomic mass is 19.1. The van der Waals surface area contributed by atoms with Crippen LogP contribution in [0, 0.1) is 0 Å². The number of hydrogen-bond donors (Lipinski definition) is 0. The summed E-state index contributed by atoms with van der Waals surface area (Å²) in [6.45, 7) is 10.6. The van der Waals surface area contributed by atoms with Crippen LogP contribution in [0.15, 0.2) is 36.0 Å². The second kappa shape index (κ2) is 4.24. The highest BCUT2D eigenvalue weighted by Crippen LogP contribution is 2.20. The number of allylic oxidation sites excluding steroid dienone is 5. The first-order valence-electron chi connectivity index (χ1n) is 4.07. The van der Waals surface area contributed by atoms with Crippen LogP contribution in [0.3, 0.4) is 0 Å². The molecule has 68 valence electrons. The number of alkyl halides is 1. The molecule has 0 saturated carbocycles. The van der Waals surface area contributed by atoms with Crippen LogP contribution in [0.2, 0.25) is 0 Å². The molecule has 0 amide bonds. The molecule has 0 nitrogen and oxygen atoms in total. The summed E-state index contributed by atoms with van der Waals surface area (Å²) in [5.74, 6) is 0. The molecule has 12 heavy (non-hydrogen) atoms. The standard InChI is InChI=1S/C11H17F/c1-6-9(2)7-8-10(3)11(4,5)12/h6-8H,3H2,1-2,4-5H3/b8-7-,9-6-. The summed E-state index contributed by atoms with van der Waals surface area (Å²) in [5, 5.41) is 0. The summed E-state index contributed by atoms with van der Waals surface area (Å²) in [4.78, 5) is 0. The van der Waals surface area contributed by atoms with E-state index in [9.17, 15) is 4.39 Å². The molecule has 0 aliphatic rings. The van der Waals surface area contributed by atoms with Crippen LogP contribution in [0.25, 0.3) is 0 Å². The average molecular weight is 168 g/mol.